The molecule has 4 heteroatoms. The summed E-state index contributed by atoms with van der Waals surface area (Å²) in [6, 6.07) is 0. The van der Waals surface area contributed by atoms with Gasteiger partial charge < -0.3 is 15.0 Å². The second kappa shape index (κ2) is 3.76. The van der Waals surface area contributed by atoms with E-state index in [1.807, 2.05) is 4.90 Å². The molecule has 0 aromatic heterocycles. The van der Waals surface area contributed by atoms with E-state index >= 15 is 0 Å². The van der Waals surface area contributed by atoms with Crippen LogP contribution in [0, 0.1) is 5.92 Å². The van der Waals surface area contributed by atoms with E-state index in [4.69, 9.17) is 4.74 Å². The van der Waals surface area contributed by atoms with Crippen LogP contribution in [0.5, 0.6) is 0 Å². The van der Waals surface area contributed by atoms with Crippen molar-refractivity contribution in [3.8, 4) is 0 Å². The Morgan fingerprint density at radius 2 is 1.93 bits per heavy atom. The molecule has 2 bridgehead atoms. The molecule has 0 aliphatic carbocycles. The van der Waals surface area contributed by atoms with Crippen molar-refractivity contribution in [2.75, 3.05) is 26.2 Å². The van der Waals surface area contributed by atoms with Crippen LogP contribution in [0.15, 0.2) is 0 Å². The molecule has 15 heavy (non-hydrogen) atoms. The molecule has 1 N–H and O–H groups in total. The van der Waals surface area contributed by atoms with Crippen molar-refractivity contribution < 1.29 is 9.53 Å². The largest absolute Gasteiger partial charge is 0.371 e. The van der Waals surface area contributed by atoms with E-state index in [1.54, 1.807) is 0 Å². The van der Waals surface area contributed by atoms with E-state index in [0.29, 0.717) is 18.1 Å². The summed E-state index contributed by atoms with van der Waals surface area (Å²) in [5.74, 6) is 0.572. The third-order valence-electron chi connectivity index (χ3n) is 3.76. The van der Waals surface area contributed by atoms with Crippen molar-refractivity contribution in [2.24, 2.45) is 5.92 Å². The van der Waals surface area contributed by atoms with E-state index in [-0.39, 0.29) is 5.92 Å². The van der Waals surface area contributed by atoms with Gasteiger partial charge in [0.25, 0.3) is 0 Å². The van der Waals surface area contributed by atoms with Gasteiger partial charge in [-0.15, -0.1) is 0 Å². The number of likely N-dealkylation sites (tertiary alicyclic amines) is 1. The molecule has 1 amide bonds. The smallest absolute Gasteiger partial charge is 0.227 e. The molecule has 3 fully saturated rings. The quantitative estimate of drug-likeness (QED) is 0.661. The van der Waals surface area contributed by atoms with Gasteiger partial charge in [-0.1, -0.05) is 0 Å². The van der Waals surface area contributed by atoms with E-state index in [2.05, 4.69) is 5.32 Å². The summed E-state index contributed by atoms with van der Waals surface area (Å²) in [7, 11) is 0. The fraction of sp³-hybridized carbons (Fsp3) is 0.909. The Bertz CT molecular complexity index is 251. The highest BCUT2D eigenvalue weighted by Gasteiger charge is 2.38. The Hall–Kier alpha value is -0.610. The maximum absolute atomic E-state index is 12.1. The number of morpholine rings is 1. The van der Waals surface area contributed by atoms with Crippen molar-refractivity contribution in [3.63, 3.8) is 0 Å². The van der Waals surface area contributed by atoms with E-state index in [9.17, 15) is 4.79 Å². The summed E-state index contributed by atoms with van der Waals surface area (Å²) in [5.41, 5.74) is 0. The standard InChI is InChI=1S/C11H18N2O2/c14-11(8-3-4-12-5-8)13-6-9-1-2-10(7-13)15-9/h8-10,12H,1-7H2. The third kappa shape index (κ3) is 1.76. The van der Waals surface area contributed by atoms with Gasteiger partial charge in [-0.05, 0) is 25.8 Å². The fourth-order valence-electron chi connectivity index (χ4n) is 2.92. The van der Waals surface area contributed by atoms with Crippen LogP contribution in [0.25, 0.3) is 0 Å². The Labute approximate surface area is 90.0 Å². The molecule has 3 atom stereocenters. The predicted molar refractivity (Wildman–Crippen MR) is 55.5 cm³/mol. The van der Waals surface area contributed by atoms with Crippen molar-refractivity contribution in [3.05, 3.63) is 0 Å². The summed E-state index contributed by atoms with van der Waals surface area (Å²) < 4.78 is 5.73. The molecule has 0 saturated carbocycles. The minimum atomic E-state index is 0.225. The second-order valence-electron chi connectivity index (χ2n) is 4.89. The van der Waals surface area contributed by atoms with Crippen molar-refractivity contribution in [1.82, 2.24) is 10.2 Å². The second-order valence-corrected chi connectivity index (χ2v) is 4.89. The van der Waals surface area contributed by atoms with Crippen LogP contribution in [0.2, 0.25) is 0 Å². The van der Waals surface area contributed by atoms with Crippen LogP contribution in [0.1, 0.15) is 19.3 Å². The van der Waals surface area contributed by atoms with Crippen LogP contribution in [-0.4, -0.2) is 49.2 Å². The van der Waals surface area contributed by atoms with Gasteiger partial charge in [0.1, 0.15) is 0 Å². The molecule has 0 radical (unpaired) electrons. The summed E-state index contributed by atoms with van der Waals surface area (Å²) in [4.78, 5) is 14.2. The van der Waals surface area contributed by atoms with Crippen molar-refractivity contribution in [2.45, 2.75) is 31.5 Å². The zero-order chi connectivity index (χ0) is 10.3. The summed E-state index contributed by atoms with van der Waals surface area (Å²) in [6.45, 7) is 3.51. The number of amides is 1. The maximum atomic E-state index is 12.1. The van der Waals surface area contributed by atoms with Crippen molar-refractivity contribution in [1.29, 1.82) is 0 Å². The molecule has 84 valence electrons. The van der Waals surface area contributed by atoms with Crippen molar-refractivity contribution >= 4 is 5.91 Å². The lowest BCUT2D eigenvalue weighted by atomic mass is 10.1. The van der Waals surface area contributed by atoms with Crippen LogP contribution in [-0.2, 0) is 9.53 Å². The first-order valence-corrected chi connectivity index (χ1v) is 5.98. The van der Waals surface area contributed by atoms with Crippen LogP contribution in [0.3, 0.4) is 0 Å². The number of carbonyl (C=O) groups is 1. The molecule has 0 aromatic carbocycles. The number of carbonyl (C=O) groups excluding carboxylic acids is 1. The molecule has 0 aromatic rings. The lowest BCUT2D eigenvalue weighted by Crippen LogP contribution is -2.48. The summed E-state index contributed by atoms with van der Waals surface area (Å²) >= 11 is 0. The number of rotatable bonds is 1. The Morgan fingerprint density at radius 3 is 2.53 bits per heavy atom. The first kappa shape index (κ1) is 9.60. The molecule has 4 nitrogen and oxygen atoms in total. The van der Waals surface area contributed by atoms with E-state index < -0.39 is 0 Å². The molecular weight excluding hydrogens is 192 g/mol. The van der Waals surface area contributed by atoms with Gasteiger partial charge in [-0.3, -0.25) is 4.79 Å². The number of hydrogen-bond acceptors (Lipinski definition) is 3. The number of nitrogens with zero attached hydrogens (tertiary/aromatic N) is 1. The predicted octanol–water partition coefficient (Wildman–Crippen LogP) is -0.0143. The number of fused-ring (bicyclic) bond motifs is 2. The number of hydrogen-bond donors (Lipinski definition) is 1. The third-order valence-corrected chi connectivity index (χ3v) is 3.76. The molecule has 3 aliphatic heterocycles. The molecule has 3 rings (SSSR count). The van der Waals surface area contributed by atoms with Gasteiger partial charge in [0.15, 0.2) is 0 Å². The Balaban J connectivity index is 1.64. The van der Waals surface area contributed by atoms with Gasteiger partial charge in [0.2, 0.25) is 5.91 Å². The van der Waals surface area contributed by atoms with Crippen LogP contribution in [0.4, 0.5) is 0 Å². The number of ether oxygens (including phenoxy) is 1. The highest BCUT2D eigenvalue weighted by molar-refractivity contribution is 5.79. The van der Waals surface area contributed by atoms with Gasteiger partial charge in [-0.2, -0.15) is 0 Å². The molecular formula is C11H18N2O2. The summed E-state index contributed by atoms with van der Waals surface area (Å²) in [5, 5.41) is 3.25. The first-order chi connectivity index (χ1) is 7.33. The average molecular weight is 210 g/mol. The summed E-state index contributed by atoms with van der Waals surface area (Å²) in [6.07, 6.45) is 3.92. The maximum Gasteiger partial charge on any atom is 0.227 e. The molecule has 3 saturated heterocycles. The highest BCUT2D eigenvalue weighted by atomic mass is 16.5. The normalized spacial score (nSPS) is 39.7. The number of nitrogens with one attached hydrogen (secondary N) is 1. The molecule has 3 unspecified atom stereocenters. The van der Waals surface area contributed by atoms with Gasteiger partial charge in [0.05, 0.1) is 18.1 Å². The Kier molecular flexibility index (Phi) is 2.41. The topological polar surface area (TPSA) is 41.6 Å². The zero-order valence-electron chi connectivity index (χ0n) is 8.95. The fourth-order valence-corrected chi connectivity index (χ4v) is 2.92. The lowest BCUT2D eigenvalue weighted by molar-refractivity contribution is -0.143. The molecule has 0 spiro atoms. The minimum Gasteiger partial charge on any atom is -0.371 e. The van der Waals surface area contributed by atoms with E-state index in [0.717, 1.165) is 45.4 Å². The van der Waals surface area contributed by atoms with Gasteiger partial charge >= 0.3 is 0 Å². The zero-order valence-corrected chi connectivity index (χ0v) is 8.95. The molecule has 3 aliphatic rings. The van der Waals surface area contributed by atoms with Gasteiger partial charge in [-0.25, -0.2) is 0 Å². The highest BCUT2D eigenvalue weighted by Crippen LogP contribution is 2.27. The van der Waals surface area contributed by atoms with E-state index in [1.165, 1.54) is 0 Å². The first-order valence-electron chi connectivity index (χ1n) is 5.98. The van der Waals surface area contributed by atoms with Gasteiger partial charge in [0, 0.05) is 19.6 Å². The Morgan fingerprint density at radius 1 is 1.20 bits per heavy atom. The average Bonchev–Trinajstić information content (AvgIpc) is 2.87. The van der Waals surface area contributed by atoms with Crippen LogP contribution < -0.4 is 5.32 Å². The van der Waals surface area contributed by atoms with Crippen LogP contribution >= 0.6 is 0 Å². The minimum absolute atomic E-state index is 0.225. The molecule has 3 heterocycles. The lowest BCUT2D eigenvalue weighted by Gasteiger charge is -2.33. The monoisotopic (exact) mass is 210 g/mol. The SMILES string of the molecule is O=C(C1CCNC1)N1CC2CCC(C1)O2.